The van der Waals surface area contributed by atoms with E-state index in [2.05, 4.69) is 10.3 Å². The fourth-order valence-electron chi connectivity index (χ4n) is 3.40. The van der Waals surface area contributed by atoms with E-state index in [-0.39, 0.29) is 15.8 Å². The molecule has 3 aromatic rings. The Labute approximate surface area is 180 Å². The lowest BCUT2D eigenvalue weighted by Crippen LogP contribution is -2.28. The lowest BCUT2D eigenvalue weighted by molar-refractivity contribution is 0.102. The standard InChI is InChI=1S/C21H21ClN4O3S/c22-19-8-7-18(13-20(19)30(28,29)26-10-1-2-11-26)24-21(27)17-5-3-16(4-6-17)14-25-12-9-23-15-25/h3-9,12-13,15H,1-2,10-11,14H2,(H,24,27). The molecule has 0 spiro atoms. The third kappa shape index (κ3) is 4.40. The molecule has 0 atom stereocenters. The SMILES string of the molecule is O=C(Nc1ccc(Cl)c(S(=O)(=O)N2CCCC2)c1)c1ccc(Cn2ccnc2)cc1. The van der Waals surface area contributed by atoms with Crippen LogP contribution in [0.2, 0.25) is 5.02 Å². The number of halogens is 1. The molecular weight excluding hydrogens is 424 g/mol. The summed E-state index contributed by atoms with van der Waals surface area (Å²) in [6.45, 7) is 1.64. The van der Waals surface area contributed by atoms with E-state index >= 15 is 0 Å². The molecule has 0 bridgehead atoms. The van der Waals surface area contributed by atoms with Gasteiger partial charge in [0, 0.05) is 43.3 Å². The molecule has 1 aromatic heterocycles. The van der Waals surface area contributed by atoms with Gasteiger partial charge >= 0.3 is 0 Å². The number of carbonyl (C=O) groups excluding carboxylic acids is 1. The summed E-state index contributed by atoms with van der Waals surface area (Å²) >= 11 is 6.16. The number of carbonyl (C=O) groups is 1. The Bertz CT molecular complexity index is 1140. The monoisotopic (exact) mass is 444 g/mol. The van der Waals surface area contributed by atoms with E-state index in [1.54, 1.807) is 30.7 Å². The first-order valence-electron chi connectivity index (χ1n) is 9.59. The average molecular weight is 445 g/mol. The molecular formula is C21H21ClN4O3S. The molecule has 2 aromatic carbocycles. The van der Waals surface area contributed by atoms with E-state index in [9.17, 15) is 13.2 Å². The summed E-state index contributed by atoms with van der Waals surface area (Å²) in [7, 11) is -3.68. The van der Waals surface area contributed by atoms with Crippen molar-refractivity contribution in [2.45, 2.75) is 24.3 Å². The van der Waals surface area contributed by atoms with Crippen LogP contribution in [0.25, 0.3) is 0 Å². The summed E-state index contributed by atoms with van der Waals surface area (Å²) in [4.78, 5) is 16.6. The molecule has 9 heteroatoms. The number of hydrogen-bond acceptors (Lipinski definition) is 4. The first-order valence-corrected chi connectivity index (χ1v) is 11.4. The number of aromatic nitrogens is 2. The van der Waals surface area contributed by atoms with Crippen LogP contribution in [0.4, 0.5) is 5.69 Å². The Balaban J connectivity index is 1.49. The zero-order valence-electron chi connectivity index (χ0n) is 16.2. The van der Waals surface area contributed by atoms with E-state index in [4.69, 9.17) is 11.6 Å². The molecule has 0 unspecified atom stereocenters. The number of imidazole rings is 1. The van der Waals surface area contributed by atoms with Crippen molar-refractivity contribution < 1.29 is 13.2 Å². The van der Waals surface area contributed by atoms with Gasteiger partial charge in [-0.25, -0.2) is 13.4 Å². The maximum atomic E-state index is 12.9. The smallest absolute Gasteiger partial charge is 0.255 e. The molecule has 4 rings (SSSR count). The first kappa shape index (κ1) is 20.6. The van der Waals surface area contributed by atoms with Crippen LogP contribution < -0.4 is 5.32 Å². The molecule has 1 fully saturated rings. The largest absolute Gasteiger partial charge is 0.333 e. The Morgan fingerprint density at radius 1 is 1.10 bits per heavy atom. The Morgan fingerprint density at radius 2 is 1.83 bits per heavy atom. The average Bonchev–Trinajstić information content (AvgIpc) is 3.44. The number of nitrogens with one attached hydrogen (secondary N) is 1. The topological polar surface area (TPSA) is 84.3 Å². The van der Waals surface area contributed by atoms with Crippen LogP contribution in [-0.2, 0) is 16.6 Å². The van der Waals surface area contributed by atoms with Gasteiger partial charge in [-0.15, -0.1) is 0 Å². The highest BCUT2D eigenvalue weighted by Crippen LogP contribution is 2.29. The van der Waals surface area contributed by atoms with Gasteiger partial charge < -0.3 is 9.88 Å². The normalized spacial score (nSPS) is 14.7. The second kappa shape index (κ2) is 8.59. The summed E-state index contributed by atoms with van der Waals surface area (Å²) in [6.07, 6.45) is 6.99. The van der Waals surface area contributed by atoms with Crippen LogP contribution in [0.1, 0.15) is 28.8 Å². The van der Waals surface area contributed by atoms with E-state index in [0.29, 0.717) is 30.9 Å². The van der Waals surface area contributed by atoms with Gasteiger partial charge in [-0.1, -0.05) is 23.7 Å². The molecule has 0 radical (unpaired) electrons. The lowest BCUT2D eigenvalue weighted by atomic mass is 10.1. The number of amides is 1. The van der Waals surface area contributed by atoms with Gasteiger partial charge in [-0.05, 0) is 48.7 Å². The molecule has 1 N–H and O–H groups in total. The molecule has 0 saturated carbocycles. The van der Waals surface area contributed by atoms with Crippen LogP contribution in [0, 0.1) is 0 Å². The highest BCUT2D eigenvalue weighted by Gasteiger charge is 2.29. The molecule has 0 aliphatic carbocycles. The molecule has 1 aliphatic heterocycles. The summed E-state index contributed by atoms with van der Waals surface area (Å²) in [5, 5.41) is 2.90. The van der Waals surface area contributed by atoms with Crippen molar-refractivity contribution in [1.82, 2.24) is 13.9 Å². The minimum atomic E-state index is -3.68. The number of hydrogen-bond donors (Lipinski definition) is 1. The highest BCUT2D eigenvalue weighted by atomic mass is 35.5. The maximum Gasteiger partial charge on any atom is 0.255 e. The molecule has 7 nitrogen and oxygen atoms in total. The second-order valence-corrected chi connectivity index (χ2v) is 9.46. The number of anilines is 1. The number of rotatable bonds is 6. The molecule has 2 heterocycles. The van der Waals surface area contributed by atoms with Gasteiger partial charge in [-0.2, -0.15) is 4.31 Å². The zero-order chi connectivity index (χ0) is 21.1. The zero-order valence-corrected chi connectivity index (χ0v) is 17.7. The van der Waals surface area contributed by atoms with Gasteiger partial charge in [0.2, 0.25) is 10.0 Å². The van der Waals surface area contributed by atoms with Gasteiger partial charge in [0.05, 0.1) is 11.3 Å². The number of nitrogens with zero attached hydrogens (tertiary/aromatic N) is 3. The fourth-order valence-corrected chi connectivity index (χ4v) is 5.42. The Kier molecular flexibility index (Phi) is 5.90. The number of sulfonamides is 1. The van der Waals surface area contributed by atoms with Crippen molar-refractivity contribution in [2.75, 3.05) is 18.4 Å². The van der Waals surface area contributed by atoms with Crippen LogP contribution >= 0.6 is 11.6 Å². The van der Waals surface area contributed by atoms with E-state index < -0.39 is 10.0 Å². The van der Waals surface area contributed by atoms with Crippen molar-refractivity contribution in [3.63, 3.8) is 0 Å². The van der Waals surface area contributed by atoms with Gasteiger partial charge in [0.25, 0.3) is 5.91 Å². The first-order chi connectivity index (χ1) is 14.4. The molecule has 1 aliphatic rings. The van der Waals surface area contributed by atoms with Crippen molar-refractivity contribution >= 4 is 33.2 Å². The quantitative estimate of drug-likeness (QED) is 0.629. The van der Waals surface area contributed by atoms with Gasteiger partial charge in [-0.3, -0.25) is 4.79 Å². The van der Waals surface area contributed by atoms with Crippen LogP contribution in [0.5, 0.6) is 0 Å². The predicted molar refractivity (Wildman–Crippen MR) is 115 cm³/mol. The van der Waals surface area contributed by atoms with Crippen molar-refractivity contribution in [1.29, 1.82) is 0 Å². The minimum absolute atomic E-state index is 0.0135. The van der Waals surface area contributed by atoms with E-state index in [0.717, 1.165) is 18.4 Å². The molecule has 1 saturated heterocycles. The molecule has 1 amide bonds. The van der Waals surface area contributed by atoms with Crippen molar-refractivity contribution in [2.24, 2.45) is 0 Å². The van der Waals surface area contributed by atoms with Crippen LogP contribution in [0.15, 0.2) is 66.1 Å². The predicted octanol–water partition coefficient (Wildman–Crippen LogP) is 3.62. The third-order valence-electron chi connectivity index (χ3n) is 5.01. The summed E-state index contributed by atoms with van der Waals surface area (Å²) < 4.78 is 29.1. The van der Waals surface area contributed by atoms with Crippen molar-refractivity contribution in [3.8, 4) is 0 Å². The minimum Gasteiger partial charge on any atom is -0.333 e. The fraction of sp³-hybridized carbons (Fsp3) is 0.238. The maximum absolute atomic E-state index is 12.9. The summed E-state index contributed by atoms with van der Waals surface area (Å²) in [5.74, 6) is -0.323. The van der Waals surface area contributed by atoms with E-state index in [1.807, 2.05) is 22.9 Å². The second-order valence-electron chi connectivity index (χ2n) is 7.14. The Morgan fingerprint density at radius 3 is 2.50 bits per heavy atom. The number of benzene rings is 2. The summed E-state index contributed by atoms with van der Waals surface area (Å²) in [6, 6.07) is 11.7. The molecule has 156 valence electrons. The van der Waals surface area contributed by atoms with Crippen LogP contribution in [0.3, 0.4) is 0 Å². The van der Waals surface area contributed by atoms with Gasteiger partial charge in [0.15, 0.2) is 0 Å². The Hall–Kier alpha value is -2.68. The molecule has 30 heavy (non-hydrogen) atoms. The highest BCUT2D eigenvalue weighted by molar-refractivity contribution is 7.89. The van der Waals surface area contributed by atoms with Gasteiger partial charge in [0.1, 0.15) is 4.90 Å². The van der Waals surface area contributed by atoms with Crippen molar-refractivity contribution in [3.05, 3.63) is 77.3 Å². The van der Waals surface area contributed by atoms with Crippen LogP contribution in [-0.4, -0.2) is 41.3 Å². The van der Waals surface area contributed by atoms with E-state index in [1.165, 1.54) is 16.4 Å². The lowest BCUT2D eigenvalue weighted by Gasteiger charge is -2.17. The third-order valence-corrected chi connectivity index (χ3v) is 7.39. The summed E-state index contributed by atoms with van der Waals surface area (Å²) in [5.41, 5.74) is 1.89.